The van der Waals surface area contributed by atoms with Crippen molar-refractivity contribution in [2.24, 2.45) is 0 Å². The summed E-state index contributed by atoms with van der Waals surface area (Å²) in [5, 5.41) is 3.07. The molecular formula is C27H32FN3O2. The summed E-state index contributed by atoms with van der Waals surface area (Å²) in [5.41, 5.74) is 6.40. The van der Waals surface area contributed by atoms with Crippen LogP contribution in [-0.2, 0) is 11.3 Å². The van der Waals surface area contributed by atoms with Crippen molar-refractivity contribution in [2.75, 3.05) is 36.5 Å². The first-order valence-electron chi connectivity index (χ1n) is 11.5. The van der Waals surface area contributed by atoms with Crippen LogP contribution in [0.3, 0.4) is 0 Å². The Morgan fingerprint density at radius 2 is 1.79 bits per heavy atom. The lowest BCUT2D eigenvalue weighted by molar-refractivity contribution is 0.101. The summed E-state index contributed by atoms with van der Waals surface area (Å²) in [5.74, 6) is -0.0123. The van der Waals surface area contributed by atoms with E-state index in [1.807, 2.05) is 48.7 Å². The lowest BCUT2D eigenvalue weighted by Gasteiger charge is -2.29. The number of carbonyl (C=O) groups excluding carboxylic acids is 1. The molecule has 6 heteroatoms. The van der Waals surface area contributed by atoms with Crippen molar-refractivity contribution in [3.05, 3.63) is 82.4 Å². The molecule has 1 N–H and O–H groups in total. The van der Waals surface area contributed by atoms with Gasteiger partial charge in [-0.05, 0) is 55.2 Å². The maximum atomic E-state index is 13.9. The average molecular weight is 450 g/mol. The Hall–Kier alpha value is -3.12. The van der Waals surface area contributed by atoms with Crippen molar-refractivity contribution < 1.29 is 13.9 Å². The summed E-state index contributed by atoms with van der Waals surface area (Å²) in [7, 11) is 0. The number of aromatic nitrogens is 1. The molecule has 0 bridgehead atoms. The number of halogens is 1. The van der Waals surface area contributed by atoms with Gasteiger partial charge in [-0.3, -0.25) is 4.79 Å². The van der Waals surface area contributed by atoms with Gasteiger partial charge in [0.15, 0.2) is 0 Å². The van der Waals surface area contributed by atoms with Crippen molar-refractivity contribution in [3.63, 3.8) is 0 Å². The van der Waals surface area contributed by atoms with Gasteiger partial charge in [-0.25, -0.2) is 4.39 Å². The fraction of sp³-hybridized carbons (Fsp3) is 0.370. The highest BCUT2D eigenvalue weighted by atomic mass is 19.1. The fourth-order valence-electron chi connectivity index (χ4n) is 4.58. The number of morpholine rings is 1. The first-order valence-corrected chi connectivity index (χ1v) is 11.5. The first kappa shape index (κ1) is 23.1. The van der Waals surface area contributed by atoms with Gasteiger partial charge in [0, 0.05) is 36.6 Å². The molecule has 5 nitrogen and oxygen atoms in total. The van der Waals surface area contributed by atoms with E-state index in [9.17, 15) is 9.18 Å². The molecule has 1 fully saturated rings. The van der Waals surface area contributed by atoms with Gasteiger partial charge in [-0.1, -0.05) is 38.1 Å². The van der Waals surface area contributed by atoms with Crippen LogP contribution in [0.5, 0.6) is 0 Å². The van der Waals surface area contributed by atoms with Crippen LogP contribution >= 0.6 is 0 Å². The lowest BCUT2D eigenvalue weighted by atomic mass is 10.0. The molecule has 0 atom stereocenters. The second-order valence-corrected chi connectivity index (χ2v) is 8.95. The Morgan fingerprint density at radius 3 is 2.42 bits per heavy atom. The minimum absolute atomic E-state index is 0.163. The molecule has 3 aromatic rings. The van der Waals surface area contributed by atoms with Gasteiger partial charge in [0.2, 0.25) is 0 Å². The zero-order valence-electron chi connectivity index (χ0n) is 19.8. The number of ether oxygens (including phenoxy) is 1. The molecule has 0 radical (unpaired) electrons. The summed E-state index contributed by atoms with van der Waals surface area (Å²) in [6.07, 6.45) is 0. The van der Waals surface area contributed by atoms with Crippen LogP contribution in [0.25, 0.3) is 0 Å². The van der Waals surface area contributed by atoms with Crippen LogP contribution in [-0.4, -0.2) is 36.8 Å². The quantitative estimate of drug-likeness (QED) is 0.540. The molecule has 0 unspecified atom stereocenters. The van der Waals surface area contributed by atoms with Crippen molar-refractivity contribution in [1.82, 2.24) is 4.57 Å². The predicted molar refractivity (Wildman–Crippen MR) is 131 cm³/mol. The van der Waals surface area contributed by atoms with E-state index in [0.29, 0.717) is 31.4 Å². The number of amides is 1. The molecule has 2 heterocycles. The van der Waals surface area contributed by atoms with E-state index in [4.69, 9.17) is 4.74 Å². The second kappa shape index (κ2) is 9.79. The zero-order valence-corrected chi connectivity index (χ0v) is 19.8. The summed E-state index contributed by atoms with van der Waals surface area (Å²) in [6, 6.07) is 14.5. The Kier molecular flexibility index (Phi) is 6.84. The molecule has 0 spiro atoms. The summed E-state index contributed by atoms with van der Waals surface area (Å²) >= 11 is 0. The number of hydrogen-bond donors (Lipinski definition) is 1. The SMILES string of the molecule is Cc1c(N2CCOCC2)c(C)n(Cc2cccc(F)c2)c1C(=O)Nc1ccc(C(C)C)cc1. The third-order valence-electron chi connectivity index (χ3n) is 6.34. The Bertz CT molecular complexity index is 1130. The number of carbonyl (C=O) groups is 1. The fourth-order valence-corrected chi connectivity index (χ4v) is 4.58. The summed E-state index contributed by atoms with van der Waals surface area (Å²) in [6.45, 7) is 11.6. The molecule has 33 heavy (non-hydrogen) atoms. The van der Waals surface area contributed by atoms with Crippen LogP contribution in [0.1, 0.15) is 52.6 Å². The molecule has 0 aliphatic carbocycles. The Balaban J connectivity index is 1.71. The van der Waals surface area contributed by atoms with Crippen LogP contribution in [0.4, 0.5) is 15.8 Å². The standard InChI is InChI=1S/C27H32FN3O2/c1-18(2)22-8-10-24(11-9-22)29-27(32)26-19(3)25(30-12-14-33-15-13-30)20(4)31(26)17-21-6-5-7-23(28)16-21/h5-11,16,18H,12-15,17H2,1-4H3,(H,29,32). The molecule has 1 amide bonds. The maximum absolute atomic E-state index is 13.9. The predicted octanol–water partition coefficient (Wildman–Crippen LogP) is 5.50. The van der Waals surface area contributed by atoms with E-state index in [0.717, 1.165) is 41.3 Å². The molecular weight excluding hydrogens is 417 g/mol. The zero-order chi connectivity index (χ0) is 23.5. The molecule has 1 saturated heterocycles. The maximum Gasteiger partial charge on any atom is 0.272 e. The number of nitrogens with one attached hydrogen (secondary N) is 1. The molecule has 1 aromatic heterocycles. The van der Waals surface area contributed by atoms with Gasteiger partial charge < -0.3 is 19.5 Å². The van der Waals surface area contributed by atoms with Crippen LogP contribution in [0, 0.1) is 19.7 Å². The van der Waals surface area contributed by atoms with Gasteiger partial charge in [0.05, 0.1) is 18.9 Å². The first-order chi connectivity index (χ1) is 15.8. The molecule has 2 aromatic carbocycles. The third-order valence-corrected chi connectivity index (χ3v) is 6.34. The average Bonchev–Trinajstić information content (AvgIpc) is 3.04. The monoisotopic (exact) mass is 449 g/mol. The van der Waals surface area contributed by atoms with Crippen molar-refractivity contribution in [3.8, 4) is 0 Å². The summed E-state index contributed by atoms with van der Waals surface area (Å²) in [4.78, 5) is 15.8. The number of rotatable bonds is 6. The van der Waals surface area contributed by atoms with E-state index >= 15 is 0 Å². The van der Waals surface area contributed by atoms with Crippen LogP contribution < -0.4 is 10.2 Å². The molecule has 1 aliphatic rings. The van der Waals surface area contributed by atoms with Crippen molar-refractivity contribution in [1.29, 1.82) is 0 Å². The lowest BCUT2D eigenvalue weighted by Crippen LogP contribution is -2.36. The Morgan fingerprint density at radius 1 is 1.09 bits per heavy atom. The molecule has 1 aliphatic heterocycles. The highest BCUT2D eigenvalue weighted by Crippen LogP contribution is 2.33. The highest BCUT2D eigenvalue weighted by molar-refractivity contribution is 6.05. The minimum Gasteiger partial charge on any atom is -0.378 e. The third kappa shape index (κ3) is 4.96. The van der Waals surface area contributed by atoms with Gasteiger partial charge in [-0.15, -0.1) is 0 Å². The van der Waals surface area contributed by atoms with Crippen LogP contribution in [0.2, 0.25) is 0 Å². The van der Waals surface area contributed by atoms with Crippen molar-refractivity contribution >= 4 is 17.3 Å². The number of hydrogen-bond acceptors (Lipinski definition) is 3. The molecule has 4 rings (SSSR count). The number of benzene rings is 2. The van der Waals surface area contributed by atoms with Crippen LogP contribution in [0.15, 0.2) is 48.5 Å². The van der Waals surface area contributed by atoms with E-state index in [1.165, 1.54) is 17.7 Å². The van der Waals surface area contributed by atoms with E-state index in [1.54, 1.807) is 6.07 Å². The normalized spacial score (nSPS) is 14.1. The minimum atomic E-state index is -0.279. The van der Waals surface area contributed by atoms with E-state index in [-0.39, 0.29) is 11.7 Å². The smallest absolute Gasteiger partial charge is 0.272 e. The van der Waals surface area contributed by atoms with E-state index < -0.39 is 0 Å². The van der Waals surface area contributed by atoms with Crippen molar-refractivity contribution in [2.45, 2.75) is 40.2 Å². The summed E-state index contributed by atoms with van der Waals surface area (Å²) < 4.78 is 21.4. The van der Waals surface area contributed by atoms with E-state index in [2.05, 4.69) is 24.1 Å². The second-order valence-electron chi connectivity index (χ2n) is 8.95. The molecule has 174 valence electrons. The van der Waals surface area contributed by atoms with Gasteiger partial charge in [-0.2, -0.15) is 0 Å². The largest absolute Gasteiger partial charge is 0.378 e. The molecule has 0 saturated carbocycles. The van der Waals surface area contributed by atoms with Gasteiger partial charge >= 0.3 is 0 Å². The van der Waals surface area contributed by atoms with Gasteiger partial charge in [0.25, 0.3) is 5.91 Å². The topological polar surface area (TPSA) is 46.5 Å². The number of anilines is 2. The Labute approximate surface area is 195 Å². The highest BCUT2D eigenvalue weighted by Gasteiger charge is 2.27. The van der Waals surface area contributed by atoms with Gasteiger partial charge in [0.1, 0.15) is 11.5 Å². The number of nitrogens with zero attached hydrogens (tertiary/aromatic N) is 2.